The van der Waals surface area contributed by atoms with Crippen LogP contribution < -0.4 is 9.64 Å². The molecule has 1 aliphatic heterocycles. The second-order valence-electron chi connectivity index (χ2n) is 8.15. The molecule has 3 heterocycles. The molecule has 1 aliphatic carbocycles. The Morgan fingerprint density at radius 3 is 2.52 bits per heavy atom. The molecule has 4 rings (SSSR count). The largest absolute Gasteiger partial charge is 0.476 e. The van der Waals surface area contributed by atoms with Crippen molar-refractivity contribution in [3.05, 3.63) is 42.6 Å². The van der Waals surface area contributed by atoms with Crippen molar-refractivity contribution < 1.29 is 9.53 Å². The monoisotopic (exact) mass is 395 g/mol. The Morgan fingerprint density at radius 2 is 1.86 bits per heavy atom. The van der Waals surface area contributed by atoms with E-state index in [1.165, 1.54) is 24.7 Å². The van der Waals surface area contributed by atoms with Gasteiger partial charge < -0.3 is 14.5 Å². The average Bonchev–Trinajstić information content (AvgIpc) is 3.61. The molecular formula is C22H29N5O2. The molecule has 7 heteroatoms. The third-order valence-electron chi connectivity index (χ3n) is 5.87. The second kappa shape index (κ2) is 9.20. The zero-order valence-corrected chi connectivity index (χ0v) is 17.0. The van der Waals surface area contributed by atoms with Crippen LogP contribution in [0.1, 0.15) is 42.6 Å². The summed E-state index contributed by atoms with van der Waals surface area (Å²) in [5.74, 6) is 1.73. The van der Waals surface area contributed by atoms with Gasteiger partial charge in [0.15, 0.2) is 0 Å². The van der Waals surface area contributed by atoms with Crippen molar-refractivity contribution in [2.45, 2.75) is 32.1 Å². The van der Waals surface area contributed by atoms with Crippen molar-refractivity contribution in [1.29, 1.82) is 0 Å². The van der Waals surface area contributed by atoms with Crippen molar-refractivity contribution in [3.8, 4) is 5.88 Å². The maximum Gasteiger partial charge on any atom is 0.273 e. The minimum absolute atomic E-state index is 0.0829. The van der Waals surface area contributed by atoms with Crippen molar-refractivity contribution in [3.63, 3.8) is 0 Å². The number of hydrogen-bond acceptors (Lipinski definition) is 6. The fraction of sp³-hybridized carbons (Fsp3) is 0.545. The van der Waals surface area contributed by atoms with Gasteiger partial charge in [-0.05, 0) is 56.1 Å². The minimum atomic E-state index is -0.0829. The molecule has 0 atom stereocenters. The van der Waals surface area contributed by atoms with Crippen molar-refractivity contribution >= 4 is 11.6 Å². The lowest BCUT2D eigenvalue weighted by Gasteiger charge is -2.34. The SMILES string of the molecule is CN(CCC1CCN(c2ccncc2)CC1)C(=O)c1cnc(OCC2CC2)cn1. The molecule has 1 saturated carbocycles. The third kappa shape index (κ3) is 5.43. The molecule has 2 aromatic heterocycles. The number of hydrogen-bond donors (Lipinski definition) is 0. The van der Waals surface area contributed by atoms with E-state index in [2.05, 4.69) is 32.0 Å². The fourth-order valence-corrected chi connectivity index (χ4v) is 3.70. The Bertz CT molecular complexity index is 787. The number of anilines is 1. The average molecular weight is 396 g/mol. The summed E-state index contributed by atoms with van der Waals surface area (Å²) in [4.78, 5) is 29.3. The topological polar surface area (TPSA) is 71.5 Å². The first-order valence-corrected chi connectivity index (χ1v) is 10.5. The maximum atomic E-state index is 12.6. The van der Waals surface area contributed by atoms with Gasteiger partial charge in [0.1, 0.15) is 5.69 Å². The number of ether oxygens (including phenoxy) is 1. The molecule has 29 heavy (non-hydrogen) atoms. The highest BCUT2D eigenvalue weighted by molar-refractivity contribution is 5.91. The quantitative estimate of drug-likeness (QED) is 0.684. The molecule has 2 aromatic rings. The number of carbonyl (C=O) groups is 1. The summed E-state index contributed by atoms with van der Waals surface area (Å²) in [5, 5.41) is 0. The van der Waals surface area contributed by atoms with E-state index in [9.17, 15) is 4.79 Å². The van der Waals surface area contributed by atoms with Crippen LogP contribution in [-0.2, 0) is 0 Å². The van der Waals surface area contributed by atoms with Crippen LogP contribution in [0.4, 0.5) is 5.69 Å². The lowest BCUT2D eigenvalue weighted by atomic mass is 9.93. The summed E-state index contributed by atoms with van der Waals surface area (Å²) >= 11 is 0. The summed E-state index contributed by atoms with van der Waals surface area (Å²) < 4.78 is 5.59. The number of piperidine rings is 1. The highest BCUT2D eigenvalue weighted by Gasteiger charge is 2.23. The van der Waals surface area contributed by atoms with Crippen LogP contribution in [0.15, 0.2) is 36.9 Å². The standard InChI is InChI=1S/C22H29N5O2/c1-26(22(28)20-14-25-21(15-24-20)29-16-18-2-3-18)11-6-17-7-12-27(13-8-17)19-4-9-23-10-5-19/h4-5,9-10,14-15,17-18H,2-3,6-8,11-13,16H2,1H3. The molecule has 1 amide bonds. The van der Waals surface area contributed by atoms with Crippen LogP contribution in [0.25, 0.3) is 0 Å². The molecular weight excluding hydrogens is 366 g/mol. The molecule has 0 N–H and O–H groups in total. The molecule has 154 valence electrons. The lowest BCUT2D eigenvalue weighted by Crippen LogP contribution is -2.35. The highest BCUT2D eigenvalue weighted by atomic mass is 16.5. The third-order valence-corrected chi connectivity index (χ3v) is 5.87. The van der Waals surface area contributed by atoms with Crippen LogP contribution in [0.2, 0.25) is 0 Å². The summed E-state index contributed by atoms with van der Waals surface area (Å²) in [6.07, 6.45) is 12.5. The zero-order valence-electron chi connectivity index (χ0n) is 17.0. The van der Waals surface area contributed by atoms with Crippen LogP contribution in [-0.4, -0.2) is 59.0 Å². The Morgan fingerprint density at radius 1 is 1.10 bits per heavy atom. The summed E-state index contributed by atoms with van der Waals surface area (Å²) in [7, 11) is 1.84. The molecule has 7 nitrogen and oxygen atoms in total. The first-order valence-electron chi connectivity index (χ1n) is 10.5. The van der Waals surface area contributed by atoms with Gasteiger partial charge in [0.2, 0.25) is 5.88 Å². The molecule has 0 bridgehead atoms. The van der Waals surface area contributed by atoms with Gasteiger partial charge in [-0.15, -0.1) is 0 Å². The van der Waals surface area contributed by atoms with Crippen molar-refractivity contribution in [1.82, 2.24) is 19.9 Å². The Labute approximate surface area is 172 Å². The Kier molecular flexibility index (Phi) is 6.22. The number of amides is 1. The first-order chi connectivity index (χ1) is 14.2. The van der Waals surface area contributed by atoms with Crippen LogP contribution >= 0.6 is 0 Å². The van der Waals surface area contributed by atoms with E-state index >= 15 is 0 Å². The van der Waals surface area contributed by atoms with Crippen LogP contribution in [0, 0.1) is 11.8 Å². The van der Waals surface area contributed by atoms with Crippen LogP contribution in [0.5, 0.6) is 5.88 Å². The van der Waals surface area contributed by atoms with Gasteiger partial charge in [-0.2, -0.15) is 0 Å². The second-order valence-corrected chi connectivity index (χ2v) is 8.15. The van der Waals surface area contributed by atoms with Gasteiger partial charge in [0.05, 0.1) is 19.0 Å². The number of rotatable bonds is 8. The maximum absolute atomic E-state index is 12.6. The first kappa shape index (κ1) is 19.6. The fourth-order valence-electron chi connectivity index (χ4n) is 3.70. The molecule has 0 radical (unpaired) electrons. The Hall–Kier alpha value is -2.70. The molecule has 1 saturated heterocycles. The summed E-state index contributed by atoms with van der Waals surface area (Å²) in [6.45, 7) is 3.54. The lowest BCUT2D eigenvalue weighted by molar-refractivity contribution is 0.0778. The Balaban J connectivity index is 1.20. The van der Waals surface area contributed by atoms with Gasteiger partial charge in [-0.25, -0.2) is 9.97 Å². The van der Waals surface area contributed by atoms with E-state index in [4.69, 9.17) is 4.74 Å². The number of aromatic nitrogens is 3. The van der Waals surface area contributed by atoms with E-state index in [0.29, 0.717) is 30.0 Å². The molecule has 0 spiro atoms. The normalized spacial score (nSPS) is 17.2. The van der Waals surface area contributed by atoms with Gasteiger partial charge in [0.25, 0.3) is 5.91 Å². The van der Waals surface area contributed by atoms with Gasteiger partial charge >= 0.3 is 0 Å². The van der Waals surface area contributed by atoms with E-state index < -0.39 is 0 Å². The predicted octanol–water partition coefficient (Wildman–Crippen LogP) is 3.04. The van der Waals surface area contributed by atoms with Gasteiger partial charge in [-0.3, -0.25) is 9.78 Å². The predicted molar refractivity (Wildman–Crippen MR) is 111 cm³/mol. The summed E-state index contributed by atoms with van der Waals surface area (Å²) in [5.41, 5.74) is 1.62. The van der Waals surface area contributed by atoms with Crippen molar-refractivity contribution in [2.24, 2.45) is 11.8 Å². The van der Waals surface area contributed by atoms with E-state index in [-0.39, 0.29) is 5.91 Å². The molecule has 2 aliphatic rings. The van der Waals surface area contributed by atoms with E-state index in [1.54, 1.807) is 11.1 Å². The number of carbonyl (C=O) groups excluding carboxylic acids is 1. The smallest absolute Gasteiger partial charge is 0.273 e. The van der Waals surface area contributed by atoms with Crippen molar-refractivity contribution in [2.75, 3.05) is 38.2 Å². The van der Waals surface area contributed by atoms with Gasteiger partial charge in [0, 0.05) is 44.8 Å². The van der Waals surface area contributed by atoms with E-state index in [0.717, 1.165) is 38.9 Å². The molecule has 0 unspecified atom stereocenters. The number of nitrogens with zero attached hydrogens (tertiary/aromatic N) is 5. The van der Waals surface area contributed by atoms with Crippen LogP contribution in [0.3, 0.4) is 0 Å². The molecule has 2 fully saturated rings. The minimum Gasteiger partial charge on any atom is -0.476 e. The summed E-state index contributed by atoms with van der Waals surface area (Å²) in [6, 6.07) is 4.13. The zero-order chi connectivity index (χ0) is 20.1. The highest BCUT2D eigenvalue weighted by Crippen LogP contribution is 2.29. The van der Waals surface area contributed by atoms with E-state index in [1.807, 2.05) is 19.4 Å². The molecule has 0 aromatic carbocycles. The van der Waals surface area contributed by atoms with Gasteiger partial charge in [-0.1, -0.05) is 0 Å². The number of pyridine rings is 1.